The molecule has 5 rings (SSSR count). The molecule has 1 saturated carbocycles. The maximum absolute atomic E-state index is 13.6. The summed E-state index contributed by atoms with van der Waals surface area (Å²) in [5, 5.41) is 8.35. The van der Waals surface area contributed by atoms with Crippen molar-refractivity contribution in [1.29, 1.82) is 0 Å². The molecule has 0 N–H and O–H groups in total. The summed E-state index contributed by atoms with van der Waals surface area (Å²) >= 11 is 0. The van der Waals surface area contributed by atoms with Crippen LogP contribution in [-0.4, -0.2) is 34.4 Å². The molecule has 2 atom stereocenters. The summed E-state index contributed by atoms with van der Waals surface area (Å²) in [4.78, 5) is 14.5. The molecule has 9 heteroatoms. The standard InChI is InChI=1S/C24H22F3N4O2/c1-14-7-18-19(20(8-14)24(25,26)27)11-31(21(18)32)17-6-4-5-15(9-17)23(10-16(23)12-33-3)22-29-28-13-30(22)2/h4-9,13,16H,1,10-12H2,2-3H3. The predicted molar refractivity (Wildman–Crippen MR) is 115 cm³/mol. The van der Waals surface area contributed by atoms with Crippen LogP contribution in [0.25, 0.3) is 0 Å². The lowest BCUT2D eigenvalue weighted by Crippen LogP contribution is -2.24. The molecule has 1 radical (unpaired) electrons. The quantitative estimate of drug-likeness (QED) is 0.581. The van der Waals surface area contributed by atoms with Gasteiger partial charge in [-0.05, 0) is 54.3 Å². The third-order valence-electron chi connectivity index (χ3n) is 6.66. The molecule has 33 heavy (non-hydrogen) atoms. The molecule has 1 fully saturated rings. The SMILES string of the molecule is [CH2]c1cc2c(c(C(F)(F)F)c1)CN(c1cccc(C3(c4nncn4C)CC3COC)c1)C2=O. The van der Waals surface area contributed by atoms with Gasteiger partial charge in [0.1, 0.15) is 12.2 Å². The summed E-state index contributed by atoms with van der Waals surface area (Å²) in [6.45, 7) is 4.01. The van der Waals surface area contributed by atoms with Crippen LogP contribution in [0.2, 0.25) is 0 Å². The highest BCUT2D eigenvalue weighted by Crippen LogP contribution is 2.58. The van der Waals surface area contributed by atoms with Crippen LogP contribution in [0.15, 0.2) is 42.7 Å². The number of aromatic nitrogens is 3. The molecule has 2 unspecified atom stereocenters. The molecule has 2 aromatic carbocycles. The van der Waals surface area contributed by atoms with Crippen LogP contribution in [0.5, 0.6) is 0 Å². The first kappa shape index (κ1) is 21.6. The van der Waals surface area contributed by atoms with E-state index in [0.29, 0.717) is 12.3 Å². The number of halogens is 3. The number of amides is 1. The molecule has 0 bridgehead atoms. The third-order valence-corrected chi connectivity index (χ3v) is 6.66. The van der Waals surface area contributed by atoms with E-state index in [1.807, 2.05) is 29.8 Å². The van der Waals surface area contributed by atoms with Crippen molar-refractivity contribution in [2.24, 2.45) is 13.0 Å². The van der Waals surface area contributed by atoms with E-state index in [1.165, 1.54) is 11.0 Å². The van der Waals surface area contributed by atoms with Gasteiger partial charge in [-0.15, -0.1) is 10.2 Å². The number of hydrogen-bond acceptors (Lipinski definition) is 4. The lowest BCUT2D eigenvalue weighted by atomic mass is 9.91. The van der Waals surface area contributed by atoms with Crippen molar-refractivity contribution < 1.29 is 22.7 Å². The number of methoxy groups -OCH3 is 1. The van der Waals surface area contributed by atoms with Crippen LogP contribution in [0.1, 0.15) is 44.9 Å². The fourth-order valence-electron chi connectivity index (χ4n) is 5.06. The van der Waals surface area contributed by atoms with Gasteiger partial charge in [-0.3, -0.25) is 4.79 Å². The zero-order valence-electron chi connectivity index (χ0n) is 18.2. The molecule has 0 spiro atoms. The number of benzene rings is 2. The second kappa shape index (κ2) is 7.41. The third kappa shape index (κ3) is 3.33. The molecule has 6 nitrogen and oxygen atoms in total. The van der Waals surface area contributed by atoms with Crippen molar-refractivity contribution in [1.82, 2.24) is 14.8 Å². The average molecular weight is 455 g/mol. The monoisotopic (exact) mass is 455 g/mol. The molecule has 2 heterocycles. The van der Waals surface area contributed by atoms with Gasteiger partial charge in [0.05, 0.1) is 24.1 Å². The van der Waals surface area contributed by atoms with Crippen molar-refractivity contribution in [3.8, 4) is 0 Å². The fraction of sp³-hybridized carbons (Fsp3) is 0.333. The van der Waals surface area contributed by atoms with E-state index in [9.17, 15) is 18.0 Å². The van der Waals surface area contributed by atoms with Gasteiger partial charge in [0.2, 0.25) is 0 Å². The number of hydrogen-bond donors (Lipinski definition) is 0. The normalized spacial score (nSPS) is 22.1. The minimum absolute atomic E-state index is 0.0167. The molecule has 1 amide bonds. The highest BCUT2D eigenvalue weighted by Gasteiger charge is 2.59. The first-order valence-corrected chi connectivity index (χ1v) is 10.5. The van der Waals surface area contributed by atoms with E-state index in [0.717, 1.165) is 23.9 Å². The average Bonchev–Trinajstić information content (AvgIpc) is 3.15. The minimum Gasteiger partial charge on any atom is -0.384 e. The molecule has 1 aromatic heterocycles. The molecular weight excluding hydrogens is 433 g/mol. The number of fused-ring (bicyclic) bond motifs is 1. The Kier molecular flexibility index (Phi) is 4.86. The summed E-state index contributed by atoms with van der Waals surface area (Å²) in [7, 11) is 3.52. The first-order valence-electron chi connectivity index (χ1n) is 10.5. The van der Waals surface area contributed by atoms with Crippen molar-refractivity contribution in [3.05, 3.63) is 83.3 Å². The van der Waals surface area contributed by atoms with Crippen molar-refractivity contribution in [3.63, 3.8) is 0 Å². The first-order chi connectivity index (χ1) is 15.7. The number of rotatable bonds is 5. The Balaban J connectivity index is 1.55. The Bertz CT molecular complexity index is 1250. The van der Waals surface area contributed by atoms with Crippen molar-refractivity contribution in [2.75, 3.05) is 18.6 Å². The molecule has 1 aliphatic heterocycles. The number of alkyl halides is 3. The van der Waals surface area contributed by atoms with Gasteiger partial charge in [-0.2, -0.15) is 13.2 Å². The Labute approximate surface area is 189 Å². The van der Waals surface area contributed by atoms with Gasteiger partial charge < -0.3 is 14.2 Å². The van der Waals surface area contributed by atoms with Crippen LogP contribution in [0, 0.1) is 12.8 Å². The molecule has 2 aliphatic rings. The van der Waals surface area contributed by atoms with Gasteiger partial charge >= 0.3 is 6.18 Å². The Hall–Kier alpha value is -3.20. The lowest BCUT2D eigenvalue weighted by Gasteiger charge is -2.21. The van der Waals surface area contributed by atoms with Crippen molar-refractivity contribution in [2.45, 2.75) is 24.6 Å². The maximum atomic E-state index is 13.6. The van der Waals surface area contributed by atoms with Gasteiger partial charge in [-0.1, -0.05) is 12.1 Å². The van der Waals surface area contributed by atoms with E-state index >= 15 is 0 Å². The highest BCUT2D eigenvalue weighted by molar-refractivity contribution is 6.10. The molecule has 0 saturated heterocycles. The van der Waals surface area contributed by atoms with Crippen LogP contribution in [0.4, 0.5) is 18.9 Å². The number of aryl methyl sites for hydroxylation is 1. The molecular formula is C24H22F3N4O2. The van der Waals surface area contributed by atoms with Crippen LogP contribution in [0.3, 0.4) is 0 Å². The topological polar surface area (TPSA) is 60.3 Å². The summed E-state index contributed by atoms with van der Waals surface area (Å²) in [6.07, 6.45) is -2.13. The highest BCUT2D eigenvalue weighted by atomic mass is 19.4. The molecule has 171 valence electrons. The van der Waals surface area contributed by atoms with E-state index in [1.54, 1.807) is 19.5 Å². The molecule has 1 aliphatic carbocycles. The summed E-state index contributed by atoms with van der Waals surface area (Å²) in [5.41, 5.74) is 0.420. The second-order valence-corrected chi connectivity index (χ2v) is 8.70. The number of nitrogens with zero attached hydrogens (tertiary/aromatic N) is 4. The van der Waals surface area contributed by atoms with Gasteiger partial charge in [-0.25, -0.2) is 0 Å². The number of ether oxygens (including phenoxy) is 1. The predicted octanol–water partition coefficient (Wildman–Crippen LogP) is 4.13. The van der Waals surface area contributed by atoms with Gasteiger partial charge in [0.25, 0.3) is 5.91 Å². The number of anilines is 1. The van der Waals surface area contributed by atoms with E-state index in [4.69, 9.17) is 4.74 Å². The largest absolute Gasteiger partial charge is 0.416 e. The lowest BCUT2D eigenvalue weighted by molar-refractivity contribution is -0.138. The van der Waals surface area contributed by atoms with Crippen LogP contribution >= 0.6 is 0 Å². The number of carbonyl (C=O) groups is 1. The fourth-order valence-corrected chi connectivity index (χ4v) is 5.06. The summed E-state index contributed by atoms with van der Waals surface area (Å²) < 4.78 is 48.2. The second-order valence-electron chi connectivity index (χ2n) is 8.70. The van der Waals surface area contributed by atoms with E-state index < -0.39 is 23.1 Å². The van der Waals surface area contributed by atoms with E-state index in [-0.39, 0.29) is 29.2 Å². The smallest absolute Gasteiger partial charge is 0.384 e. The Morgan fingerprint density at radius 1 is 1.27 bits per heavy atom. The van der Waals surface area contributed by atoms with Crippen LogP contribution in [-0.2, 0) is 29.9 Å². The minimum atomic E-state index is -4.56. The molecule has 3 aromatic rings. The maximum Gasteiger partial charge on any atom is 0.416 e. The Morgan fingerprint density at radius 3 is 2.73 bits per heavy atom. The zero-order valence-corrected chi connectivity index (χ0v) is 18.2. The van der Waals surface area contributed by atoms with Crippen LogP contribution < -0.4 is 4.90 Å². The Morgan fingerprint density at radius 2 is 2.06 bits per heavy atom. The number of carbonyl (C=O) groups excluding carboxylic acids is 1. The van der Waals surface area contributed by atoms with Gasteiger partial charge in [0, 0.05) is 31.3 Å². The van der Waals surface area contributed by atoms with Crippen molar-refractivity contribution >= 4 is 11.6 Å². The van der Waals surface area contributed by atoms with E-state index in [2.05, 4.69) is 17.1 Å². The summed E-state index contributed by atoms with van der Waals surface area (Å²) in [5.74, 6) is 0.506. The van der Waals surface area contributed by atoms with Gasteiger partial charge in [0.15, 0.2) is 0 Å². The summed E-state index contributed by atoms with van der Waals surface area (Å²) in [6, 6.07) is 9.80. The zero-order chi connectivity index (χ0) is 23.5.